The van der Waals surface area contributed by atoms with Crippen molar-refractivity contribution in [2.75, 3.05) is 20.9 Å². The van der Waals surface area contributed by atoms with Crippen LogP contribution in [-0.2, 0) is 24.8 Å². The number of carbonyl (C=O) groups is 1. The molecule has 0 aliphatic rings. The maximum atomic E-state index is 13.4. The predicted octanol–water partition coefficient (Wildman–Crippen LogP) is 4.38. The molecule has 0 aliphatic heterocycles. The van der Waals surface area contributed by atoms with Crippen LogP contribution in [0.2, 0.25) is 0 Å². The van der Waals surface area contributed by atoms with Gasteiger partial charge < -0.3 is 5.32 Å². The third-order valence-electron chi connectivity index (χ3n) is 4.84. The Morgan fingerprint density at radius 2 is 1.56 bits per heavy atom. The third kappa shape index (κ3) is 6.21. The standard InChI is InChI=1S/C23H19IN4O5S3/c24-17-6-10-19(11-7-17)28(36(32,33)21-4-2-1-3-5-21)16-22(29)26-18-8-12-20(13-9-18)35(30,31)27-23-25-14-15-34-23/h1-15H,16H2,(H,25,27)(H,26,29). The van der Waals surface area contributed by atoms with Gasteiger partial charge in [0, 0.05) is 20.8 Å². The van der Waals surface area contributed by atoms with Gasteiger partial charge in [0.05, 0.1) is 15.5 Å². The summed E-state index contributed by atoms with van der Waals surface area (Å²) in [6.07, 6.45) is 1.48. The monoisotopic (exact) mass is 654 g/mol. The number of sulfonamides is 2. The highest BCUT2D eigenvalue weighted by Gasteiger charge is 2.27. The number of rotatable bonds is 9. The lowest BCUT2D eigenvalue weighted by atomic mass is 10.3. The fraction of sp³-hybridized carbons (Fsp3) is 0.0435. The first-order valence-electron chi connectivity index (χ1n) is 10.3. The number of hydrogen-bond donors (Lipinski definition) is 2. The molecule has 0 saturated heterocycles. The average molecular weight is 655 g/mol. The van der Waals surface area contributed by atoms with Crippen LogP contribution in [0.15, 0.2) is 100 Å². The van der Waals surface area contributed by atoms with E-state index in [1.54, 1.807) is 47.8 Å². The van der Waals surface area contributed by atoms with E-state index in [-0.39, 0.29) is 14.9 Å². The fourth-order valence-corrected chi connectivity index (χ4v) is 6.73. The summed E-state index contributed by atoms with van der Waals surface area (Å²) in [5, 5.41) is 4.51. The number of halogens is 1. The van der Waals surface area contributed by atoms with E-state index in [0.717, 1.165) is 19.2 Å². The van der Waals surface area contributed by atoms with Crippen LogP contribution in [0.25, 0.3) is 0 Å². The van der Waals surface area contributed by atoms with E-state index in [2.05, 4.69) is 37.6 Å². The first-order valence-corrected chi connectivity index (χ1v) is 15.2. The molecule has 0 aliphatic carbocycles. The summed E-state index contributed by atoms with van der Waals surface area (Å²) in [5.41, 5.74) is 0.650. The molecule has 3 aromatic carbocycles. The number of amides is 1. The number of carbonyl (C=O) groups excluding carboxylic acids is 1. The molecule has 0 spiro atoms. The van der Waals surface area contributed by atoms with Crippen molar-refractivity contribution in [3.63, 3.8) is 0 Å². The van der Waals surface area contributed by atoms with Crippen LogP contribution >= 0.6 is 33.9 Å². The van der Waals surface area contributed by atoms with Gasteiger partial charge in [0.25, 0.3) is 20.0 Å². The van der Waals surface area contributed by atoms with E-state index in [1.165, 1.54) is 42.6 Å². The molecule has 4 rings (SSSR count). The van der Waals surface area contributed by atoms with Crippen molar-refractivity contribution in [3.8, 4) is 0 Å². The first-order chi connectivity index (χ1) is 17.1. The van der Waals surface area contributed by atoms with Crippen LogP contribution in [0.3, 0.4) is 0 Å². The minimum Gasteiger partial charge on any atom is -0.325 e. The Morgan fingerprint density at radius 1 is 0.889 bits per heavy atom. The summed E-state index contributed by atoms with van der Waals surface area (Å²) in [5.74, 6) is -0.593. The zero-order valence-electron chi connectivity index (χ0n) is 18.4. The Labute approximate surface area is 226 Å². The number of thiazole rings is 1. The largest absolute Gasteiger partial charge is 0.325 e. The fourth-order valence-electron chi connectivity index (χ4n) is 3.14. The quantitative estimate of drug-likeness (QED) is 0.258. The van der Waals surface area contributed by atoms with Gasteiger partial charge in [0.1, 0.15) is 6.54 Å². The van der Waals surface area contributed by atoms with Crippen LogP contribution < -0.4 is 14.3 Å². The third-order valence-corrected chi connectivity index (χ3v) is 9.52. The van der Waals surface area contributed by atoms with E-state index in [1.807, 2.05) is 0 Å². The van der Waals surface area contributed by atoms with Crippen molar-refractivity contribution in [1.29, 1.82) is 0 Å². The molecule has 0 unspecified atom stereocenters. The summed E-state index contributed by atoms with van der Waals surface area (Å²) < 4.78 is 56.0. The molecule has 0 atom stereocenters. The molecule has 13 heteroatoms. The molecule has 0 saturated carbocycles. The zero-order valence-corrected chi connectivity index (χ0v) is 23.0. The summed E-state index contributed by atoms with van der Waals surface area (Å²) >= 11 is 3.26. The van der Waals surface area contributed by atoms with E-state index < -0.39 is 32.5 Å². The maximum absolute atomic E-state index is 13.4. The van der Waals surface area contributed by atoms with Gasteiger partial charge in [0.2, 0.25) is 5.91 Å². The molecule has 2 N–H and O–H groups in total. The molecule has 0 fully saturated rings. The molecule has 186 valence electrons. The topological polar surface area (TPSA) is 126 Å². The highest BCUT2D eigenvalue weighted by Crippen LogP contribution is 2.25. The Kier molecular flexibility index (Phi) is 7.92. The van der Waals surface area contributed by atoms with Gasteiger partial charge in [-0.3, -0.25) is 13.8 Å². The van der Waals surface area contributed by atoms with Crippen LogP contribution in [0.1, 0.15) is 0 Å². The van der Waals surface area contributed by atoms with Crippen molar-refractivity contribution in [2.45, 2.75) is 9.79 Å². The normalized spacial score (nSPS) is 11.6. The molecule has 9 nitrogen and oxygen atoms in total. The number of hydrogen-bond acceptors (Lipinski definition) is 7. The number of anilines is 3. The van der Waals surface area contributed by atoms with E-state index >= 15 is 0 Å². The zero-order chi connectivity index (χ0) is 25.8. The van der Waals surface area contributed by atoms with Crippen molar-refractivity contribution in [2.24, 2.45) is 0 Å². The average Bonchev–Trinajstić information content (AvgIpc) is 3.36. The molecule has 1 heterocycles. The van der Waals surface area contributed by atoms with Gasteiger partial charge in [-0.05, 0) is 83.3 Å². The second kappa shape index (κ2) is 10.9. The van der Waals surface area contributed by atoms with Crippen molar-refractivity contribution >= 4 is 76.4 Å². The summed E-state index contributed by atoms with van der Waals surface area (Å²) in [6.45, 7) is -0.483. The number of benzene rings is 3. The number of nitrogens with zero attached hydrogens (tertiary/aromatic N) is 2. The number of aromatic nitrogens is 1. The Balaban J connectivity index is 1.53. The summed E-state index contributed by atoms with van der Waals surface area (Å²) in [6, 6.07) is 20.1. The molecule has 0 radical (unpaired) electrons. The van der Waals surface area contributed by atoms with Crippen LogP contribution in [0, 0.1) is 3.57 Å². The smallest absolute Gasteiger partial charge is 0.264 e. The minimum atomic E-state index is -4.03. The SMILES string of the molecule is O=C(CN(c1ccc(I)cc1)S(=O)(=O)c1ccccc1)Nc1ccc(S(=O)(=O)Nc2nccs2)cc1. The minimum absolute atomic E-state index is 0.0112. The van der Waals surface area contributed by atoms with Gasteiger partial charge in [0.15, 0.2) is 5.13 Å². The van der Waals surface area contributed by atoms with Crippen LogP contribution in [0.5, 0.6) is 0 Å². The van der Waals surface area contributed by atoms with E-state index in [9.17, 15) is 21.6 Å². The highest BCUT2D eigenvalue weighted by atomic mass is 127. The van der Waals surface area contributed by atoms with Crippen LogP contribution in [0.4, 0.5) is 16.5 Å². The number of nitrogens with one attached hydrogen (secondary N) is 2. The first kappa shape index (κ1) is 26.1. The lowest BCUT2D eigenvalue weighted by Crippen LogP contribution is -2.38. The molecule has 1 aromatic heterocycles. The lowest BCUT2D eigenvalue weighted by molar-refractivity contribution is -0.114. The van der Waals surface area contributed by atoms with Gasteiger partial charge in [-0.15, -0.1) is 11.3 Å². The molecule has 36 heavy (non-hydrogen) atoms. The van der Waals surface area contributed by atoms with Gasteiger partial charge in [-0.2, -0.15) is 0 Å². The molecule has 4 aromatic rings. The van der Waals surface area contributed by atoms with Gasteiger partial charge in [-0.1, -0.05) is 18.2 Å². The van der Waals surface area contributed by atoms with E-state index in [4.69, 9.17) is 0 Å². The maximum Gasteiger partial charge on any atom is 0.264 e. The molecule has 0 bridgehead atoms. The molecule has 1 amide bonds. The predicted molar refractivity (Wildman–Crippen MR) is 148 cm³/mol. The van der Waals surface area contributed by atoms with Gasteiger partial charge in [-0.25, -0.2) is 21.8 Å². The van der Waals surface area contributed by atoms with E-state index in [0.29, 0.717) is 11.4 Å². The summed E-state index contributed by atoms with van der Waals surface area (Å²) in [7, 11) is -7.87. The highest BCUT2D eigenvalue weighted by molar-refractivity contribution is 14.1. The van der Waals surface area contributed by atoms with Crippen molar-refractivity contribution < 1.29 is 21.6 Å². The second-order valence-corrected chi connectivity index (χ2v) is 13.0. The Hall–Kier alpha value is -3.01. The Morgan fingerprint density at radius 3 is 2.17 bits per heavy atom. The van der Waals surface area contributed by atoms with Crippen LogP contribution in [-0.4, -0.2) is 34.3 Å². The van der Waals surface area contributed by atoms with Gasteiger partial charge >= 0.3 is 0 Å². The summed E-state index contributed by atoms with van der Waals surface area (Å²) in [4.78, 5) is 16.8. The van der Waals surface area contributed by atoms with Crippen molar-refractivity contribution in [3.05, 3.63) is 94.0 Å². The lowest BCUT2D eigenvalue weighted by Gasteiger charge is -2.24. The Bertz CT molecular complexity index is 1540. The molecular weight excluding hydrogens is 635 g/mol. The molecular formula is C23H19IN4O5S3. The second-order valence-electron chi connectivity index (χ2n) is 7.32. The van der Waals surface area contributed by atoms with Crippen molar-refractivity contribution in [1.82, 2.24) is 4.98 Å².